The molecular weight excluding hydrogens is 585 g/mol. The van der Waals surface area contributed by atoms with Crippen LogP contribution in [0.1, 0.15) is 60.6 Å². The molecule has 216 valence electrons. The average molecular weight is 617 g/mol. The number of ether oxygens (including phenoxy) is 1. The van der Waals surface area contributed by atoms with Gasteiger partial charge in [-0.15, -0.1) is 0 Å². The zero-order valence-electron chi connectivity index (χ0n) is 23.8. The Morgan fingerprint density at radius 1 is 1.10 bits per heavy atom. The number of amides is 2. The van der Waals surface area contributed by atoms with Crippen LogP contribution in [0.2, 0.25) is 15.1 Å². The summed E-state index contributed by atoms with van der Waals surface area (Å²) in [5.41, 5.74) is 3.38. The highest BCUT2D eigenvalue weighted by Crippen LogP contribution is 2.33. The molecule has 11 heteroatoms. The Morgan fingerprint density at radius 2 is 1.83 bits per heavy atom. The fourth-order valence-electron chi connectivity index (χ4n) is 4.27. The van der Waals surface area contributed by atoms with Gasteiger partial charge in [0.2, 0.25) is 5.91 Å². The second kappa shape index (κ2) is 12.3. The molecule has 0 saturated carbocycles. The van der Waals surface area contributed by atoms with Gasteiger partial charge in [0.1, 0.15) is 17.4 Å². The fourth-order valence-corrected chi connectivity index (χ4v) is 5.05. The van der Waals surface area contributed by atoms with Crippen molar-refractivity contribution in [3.63, 3.8) is 0 Å². The van der Waals surface area contributed by atoms with E-state index in [2.05, 4.69) is 15.6 Å². The van der Waals surface area contributed by atoms with E-state index >= 15 is 0 Å². The standard InChI is InChI=1S/C30H32Cl3N5O3/c1-7-41-24-13-23-22(11-20(24)28(39)37-27-16(2)10-18(31)15-34-27)36-25(38(23)6)12-19-21(32)9-8-17(26(19)33)14-35-29(40)30(3,4)5/h8-11,13,15H,7,12,14H2,1-6H3,(H,35,40)(H,34,37,39). The van der Waals surface area contributed by atoms with Crippen molar-refractivity contribution in [1.82, 2.24) is 19.9 Å². The number of hydrogen-bond acceptors (Lipinski definition) is 5. The Balaban J connectivity index is 1.67. The summed E-state index contributed by atoms with van der Waals surface area (Å²) in [5.74, 6) is 1.07. The topological polar surface area (TPSA) is 98.1 Å². The summed E-state index contributed by atoms with van der Waals surface area (Å²) in [6.45, 7) is 9.88. The predicted octanol–water partition coefficient (Wildman–Crippen LogP) is 7.14. The van der Waals surface area contributed by atoms with Gasteiger partial charge in [-0.3, -0.25) is 9.59 Å². The minimum atomic E-state index is -0.519. The van der Waals surface area contributed by atoms with Crippen LogP contribution in [0.4, 0.5) is 5.82 Å². The lowest BCUT2D eigenvalue weighted by atomic mass is 9.95. The molecule has 2 aromatic heterocycles. The Kier molecular flexibility index (Phi) is 9.16. The molecule has 4 rings (SSSR count). The van der Waals surface area contributed by atoms with Gasteiger partial charge in [0.05, 0.1) is 33.2 Å². The van der Waals surface area contributed by atoms with Crippen LogP contribution in [-0.4, -0.2) is 33.0 Å². The predicted molar refractivity (Wildman–Crippen MR) is 164 cm³/mol. The molecule has 2 heterocycles. The normalized spacial score (nSPS) is 11.5. The molecule has 0 bridgehead atoms. The molecule has 0 fully saturated rings. The van der Waals surface area contributed by atoms with Crippen molar-refractivity contribution in [3.05, 3.63) is 79.7 Å². The maximum absolute atomic E-state index is 13.3. The number of halogens is 3. The van der Waals surface area contributed by atoms with Crippen molar-refractivity contribution in [2.75, 3.05) is 11.9 Å². The van der Waals surface area contributed by atoms with Gasteiger partial charge in [-0.1, -0.05) is 61.6 Å². The van der Waals surface area contributed by atoms with E-state index < -0.39 is 5.41 Å². The third kappa shape index (κ3) is 6.77. The molecule has 0 saturated heterocycles. The van der Waals surface area contributed by atoms with E-state index in [0.29, 0.717) is 62.1 Å². The van der Waals surface area contributed by atoms with Crippen LogP contribution in [0, 0.1) is 12.3 Å². The van der Waals surface area contributed by atoms with E-state index in [0.717, 1.165) is 16.6 Å². The number of anilines is 1. The number of nitrogens with one attached hydrogen (secondary N) is 2. The van der Waals surface area contributed by atoms with Gasteiger partial charge in [-0.2, -0.15) is 0 Å². The quantitative estimate of drug-likeness (QED) is 0.219. The van der Waals surface area contributed by atoms with Gasteiger partial charge >= 0.3 is 0 Å². The molecule has 2 amide bonds. The number of hydrogen-bond donors (Lipinski definition) is 2. The van der Waals surface area contributed by atoms with Crippen LogP contribution >= 0.6 is 34.8 Å². The minimum absolute atomic E-state index is 0.0765. The second-order valence-electron chi connectivity index (χ2n) is 10.7. The van der Waals surface area contributed by atoms with Crippen molar-refractivity contribution in [2.45, 2.75) is 47.6 Å². The monoisotopic (exact) mass is 615 g/mol. The maximum atomic E-state index is 13.3. The first kappa shape index (κ1) is 30.6. The third-order valence-electron chi connectivity index (χ3n) is 6.62. The number of aromatic nitrogens is 3. The van der Waals surface area contributed by atoms with E-state index in [1.54, 1.807) is 24.3 Å². The third-order valence-corrected chi connectivity index (χ3v) is 7.65. The molecule has 0 aliphatic heterocycles. The van der Waals surface area contributed by atoms with E-state index in [9.17, 15) is 9.59 Å². The summed E-state index contributed by atoms with van der Waals surface area (Å²) >= 11 is 19.4. The van der Waals surface area contributed by atoms with Crippen LogP contribution in [0.5, 0.6) is 5.75 Å². The molecule has 0 unspecified atom stereocenters. The number of fused-ring (bicyclic) bond motifs is 1. The molecule has 2 N–H and O–H groups in total. The van der Waals surface area contributed by atoms with Crippen LogP contribution in [0.3, 0.4) is 0 Å². The number of nitrogens with zero attached hydrogens (tertiary/aromatic N) is 3. The molecule has 0 atom stereocenters. The van der Waals surface area contributed by atoms with Crippen molar-refractivity contribution in [3.8, 4) is 5.75 Å². The van der Waals surface area contributed by atoms with Crippen LogP contribution in [-0.2, 0) is 24.8 Å². The summed E-state index contributed by atoms with van der Waals surface area (Å²) in [6, 6.07) is 8.81. The highest BCUT2D eigenvalue weighted by atomic mass is 35.5. The summed E-state index contributed by atoms with van der Waals surface area (Å²) in [7, 11) is 1.89. The SMILES string of the molecule is CCOc1cc2c(cc1C(=O)Nc1ncc(Cl)cc1C)nc(Cc1c(Cl)ccc(CNC(=O)C(C)(C)C)c1Cl)n2C. The average Bonchev–Trinajstić information content (AvgIpc) is 3.20. The van der Waals surface area contributed by atoms with Crippen LogP contribution in [0.25, 0.3) is 11.0 Å². The van der Waals surface area contributed by atoms with E-state index in [4.69, 9.17) is 44.5 Å². The first-order valence-electron chi connectivity index (χ1n) is 13.1. The van der Waals surface area contributed by atoms with Crippen LogP contribution in [0.15, 0.2) is 36.5 Å². The van der Waals surface area contributed by atoms with Crippen LogP contribution < -0.4 is 15.4 Å². The summed E-state index contributed by atoms with van der Waals surface area (Å²) in [4.78, 5) is 34.7. The lowest BCUT2D eigenvalue weighted by Gasteiger charge is -2.18. The molecule has 41 heavy (non-hydrogen) atoms. The minimum Gasteiger partial charge on any atom is -0.493 e. The molecule has 0 aliphatic rings. The maximum Gasteiger partial charge on any atom is 0.260 e. The first-order valence-corrected chi connectivity index (χ1v) is 14.2. The number of aryl methyl sites for hydroxylation is 2. The summed E-state index contributed by atoms with van der Waals surface area (Å²) in [5, 5.41) is 7.22. The number of imidazole rings is 1. The Labute approximate surface area is 254 Å². The number of rotatable bonds is 8. The molecule has 0 spiro atoms. The Hall–Kier alpha value is -3.33. The Morgan fingerprint density at radius 3 is 2.49 bits per heavy atom. The first-order chi connectivity index (χ1) is 19.3. The number of benzene rings is 2. The van der Waals surface area contributed by atoms with Crippen molar-refractivity contribution in [1.29, 1.82) is 0 Å². The number of carbonyl (C=O) groups is 2. The lowest BCUT2D eigenvalue weighted by Crippen LogP contribution is -2.34. The zero-order valence-corrected chi connectivity index (χ0v) is 26.1. The fraction of sp³-hybridized carbons (Fsp3) is 0.333. The smallest absolute Gasteiger partial charge is 0.260 e. The van der Waals surface area contributed by atoms with E-state index in [1.165, 1.54) is 6.20 Å². The van der Waals surface area contributed by atoms with Gasteiger partial charge in [0.25, 0.3) is 5.91 Å². The van der Waals surface area contributed by atoms with Gasteiger partial charge < -0.3 is 19.9 Å². The highest BCUT2D eigenvalue weighted by Gasteiger charge is 2.23. The van der Waals surface area contributed by atoms with E-state index in [1.807, 2.05) is 52.3 Å². The highest BCUT2D eigenvalue weighted by molar-refractivity contribution is 6.36. The summed E-state index contributed by atoms with van der Waals surface area (Å²) in [6.07, 6.45) is 1.81. The van der Waals surface area contributed by atoms with Gasteiger partial charge in [-0.05, 0) is 48.7 Å². The van der Waals surface area contributed by atoms with Crippen molar-refractivity contribution >= 4 is 63.5 Å². The molecule has 8 nitrogen and oxygen atoms in total. The van der Waals surface area contributed by atoms with Gasteiger partial charge in [0, 0.05) is 42.7 Å². The van der Waals surface area contributed by atoms with Crippen molar-refractivity contribution < 1.29 is 14.3 Å². The Bertz CT molecular complexity index is 1640. The molecule has 4 aromatic rings. The zero-order chi connectivity index (χ0) is 30.1. The molecule has 0 aliphatic carbocycles. The number of pyridine rings is 1. The number of carbonyl (C=O) groups excluding carboxylic acids is 2. The lowest BCUT2D eigenvalue weighted by molar-refractivity contribution is -0.128. The largest absolute Gasteiger partial charge is 0.493 e. The molecule has 2 aromatic carbocycles. The molecule has 0 radical (unpaired) electrons. The van der Waals surface area contributed by atoms with Crippen molar-refractivity contribution in [2.24, 2.45) is 12.5 Å². The second-order valence-corrected chi connectivity index (χ2v) is 12.0. The summed E-state index contributed by atoms with van der Waals surface area (Å²) < 4.78 is 7.76. The van der Waals surface area contributed by atoms with Gasteiger partial charge in [-0.25, -0.2) is 9.97 Å². The van der Waals surface area contributed by atoms with Gasteiger partial charge in [0.15, 0.2) is 0 Å². The molecular formula is C30H32Cl3N5O3. The van der Waals surface area contributed by atoms with E-state index in [-0.39, 0.29) is 18.4 Å².